The van der Waals surface area contributed by atoms with E-state index in [1.54, 1.807) is 0 Å². The van der Waals surface area contributed by atoms with Gasteiger partial charge in [0.15, 0.2) is 0 Å². The number of nitrogens with zero attached hydrogens (tertiary/aromatic N) is 3. The van der Waals surface area contributed by atoms with Gasteiger partial charge in [0.25, 0.3) is 0 Å². The molecule has 2 aliphatic rings. The van der Waals surface area contributed by atoms with Crippen LogP contribution in [-0.4, -0.2) is 72.8 Å². The van der Waals surface area contributed by atoms with Crippen LogP contribution in [-0.2, 0) is 9.59 Å². The molecule has 5 heteroatoms. The molecule has 2 heterocycles. The van der Waals surface area contributed by atoms with Crippen LogP contribution in [0.3, 0.4) is 0 Å². The Bertz CT molecular complexity index is 368. The standard InChI is InChI=1S/C16H29N3O2/c1-13(2)12-15(20)18-6-4-14(5-7-18)16(21)19-10-8-17(3)9-11-19/h13-14H,4-12H2,1-3H3. The van der Waals surface area contributed by atoms with Gasteiger partial charge in [0.2, 0.25) is 11.8 Å². The van der Waals surface area contributed by atoms with Gasteiger partial charge in [0.1, 0.15) is 0 Å². The molecule has 0 bridgehead atoms. The minimum Gasteiger partial charge on any atom is -0.343 e. The Kier molecular flexibility index (Phi) is 5.62. The molecule has 0 spiro atoms. The van der Waals surface area contributed by atoms with E-state index in [0.717, 1.165) is 52.1 Å². The molecule has 0 N–H and O–H groups in total. The number of hydrogen-bond acceptors (Lipinski definition) is 3. The summed E-state index contributed by atoms with van der Waals surface area (Å²) in [4.78, 5) is 30.8. The first-order valence-corrected chi connectivity index (χ1v) is 8.22. The summed E-state index contributed by atoms with van der Waals surface area (Å²) in [6, 6.07) is 0. The molecule has 5 nitrogen and oxygen atoms in total. The Balaban J connectivity index is 1.78. The minimum absolute atomic E-state index is 0.122. The van der Waals surface area contributed by atoms with Crippen molar-refractivity contribution in [3.8, 4) is 0 Å². The Morgan fingerprint density at radius 3 is 2.05 bits per heavy atom. The van der Waals surface area contributed by atoms with Gasteiger partial charge < -0.3 is 14.7 Å². The topological polar surface area (TPSA) is 43.9 Å². The molecule has 0 atom stereocenters. The zero-order valence-electron chi connectivity index (χ0n) is 13.7. The quantitative estimate of drug-likeness (QED) is 0.781. The summed E-state index contributed by atoms with van der Waals surface area (Å²) >= 11 is 0. The third-order valence-corrected chi connectivity index (χ3v) is 4.59. The lowest BCUT2D eigenvalue weighted by molar-refractivity contribution is -0.142. The van der Waals surface area contributed by atoms with E-state index in [0.29, 0.717) is 18.2 Å². The lowest BCUT2D eigenvalue weighted by atomic mass is 9.94. The summed E-state index contributed by atoms with van der Waals surface area (Å²) in [7, 11) is 2.10. The van der Waals surface area contributed by atoms with E-state index in [9.17, 15) is 9.59 Å². The highest BCUT2D eigenvalue weighted by Crippen LogP contribution is 2.21. The maximum atomic E-state index is 12.5. The molecule has 0 radical (unpaired) electrons. The number of likely N-dealkylation sites (tertiary alicyclic amines) is 1. The van der Waals surface area contributed by atoms with E-state index in [4.69, 9.17) is 0 Å². The Labute approximate surface area is 128 Å². The van der Waals surface area contributed by atoms with Gasteiger partial charge in [0, 0.05) is 51.6 Å². The van der Waals surface area contributed by atoms with Crippen molar-refractivity contribution in [3.05, 3.63) is 0 Å². The first-order valence-electron chi connectivity index (χ1n) is 8.22. The van der Waals surface area contributed by atoms with Crippen molar-refractivity contribution in [3.63, 3.8) is 0 Å². The highest BCUT2D eigenvalue weighted by atomic mass is 16.2. The summed E-state index contributed by atoms with van der Waals surface area (Å²) in [6.07, 6.45) is 2.28. The van der Waals surface area contributed by atoms with Gasteiger partial charge >= 0.3 is 0 Å². The zero-order chi connectivity index (χ0) is 15.4. The maximum Gasteiger partial charge on any atom is 0.225 e. The van der Waals surface area contributed by atoms with Gasteiger partial charge in [-0.15, -0.1) is 0 Å². The molecule has 2 saturated heterocycles. The number of carbonyl (C=O) groups is 2. The van der Waals surface area contributed by atoms with Crippen molar-refractivity contribution in [2.45, 2.75) is 33.1 Å². The van der Waals surface area contributed by atoms with Crippen LogP contribution >= 0.6 is 0 Å². The Morgan fingerprint density at radius 1 is 0.952 bits per heavy atom. The normalized spacial score (nSPS) is 21.9. The number of amides is 2. The lowest BCUT2D eigenvalue weighted by Crippen LogP contribution is -2.51. The van der Waals surface area contributed by atoms with Crippen LogP contribution in [0.4, 0.5) is 0 Å². The van der Waals surface area contributed by atoms with Gasteiger partial charge in [-0.05, 0) is 25.8 Å². The predicted octanol–water partition coefficient (Wildman–Crippen LogP) is 1.05. The fraction of sp³-hybridized carbons (Fsp3) is 0.875. The Hall–Kier alpha value is -1.10. The highest BCUT2D eigenvalue weighted by Gasteiger charge is 2.31. The largest absolute Gasteiger partial charge is 0.343 e. The fourth-order valence-electron chi connectivity index (χ4n) is 3.14. The van der Waals surface area contributed by atoms with Crippen molar-refractivity contribution in [2.75, 3.05) is 46.3 Å². The van der Waals surface area contributed by atoms with Gasteiger partial charge in [-0.3, -0.25) is 9.59 Å². The monoisotopic (exact) mass is 295 g/mol. The van der Waals surface area contributed by atoms with E-state index in [1.165, 1.54) is 0 Å². The summed E-state index contributed by atoms with van der Waals surface area (Å²) in [6.45, 7) is 9.27. The molecule has 0 aliphatic carbocycles. The second-order valence-electron chi connectivity index (χ2n) is 6.88. The second-order valence-corrected chi connectivity index (χ2v) is 6.88. The molecule has 21 heavy (non-hydrogen) atoms. The molecule has 2 fully saturated rings. The van der Waals surface area contributed by atoms with Gasteiger partial charge in [0.05, 0.1) is 0 Å². The number of piperidine rings is 1. The van der Waals surface area contributed by atoms with Gasteiger partial charge in [-0.1, -0.05) is 13.8 Å². The first kappa shape index (κ1) is 16.3. The zero-order valence-corrected chi connectivity index (χ0v) is 13.7. The van der Waals surface area contributed by atoms with Crippen LogP contribution in [0.5, 0.6) is 0 Å². The van der Waals surface area contributed by atoms with Crippen LogP contribution in [0.2, 0.25) is 0 Å². The molecule has 0 aromatic heterocycles. The summed E-state index contributed by atoms with van der Waals surface area (Å²) in [5, 5.41) is 0. The maximum absolute atomic E-state index is 12.5. The van der Waals surface area contributed by atoms with Crippen molar-refractivity contribution in [2.24, 2.45) is 11.8 Å². The van der Waals surface area contributed by atoms with Crippen LogP contribution in [0.25, 0.3) is 0 Å². The fourth-order valence-corrected chi connectivity index (χ4v) is 3.14. The minimum atomic E-state index is 0.122. The molecule has 0 saturated carbocycles. The summed E-state index contributed by atoms with van der Waals surface area (Å²) in [5.41, 5.74) is 0. The molecule has 0 unspecified atom stereocenters. The number of carbonyl (C=O) groups excluding carboxylic acids is 2. The van der Waals surface area contributed by atoms with Gasteiger partial charge in [-0.25, -0.2) is 0 Å². The van der Waals surface area contributed by atoms with Crippen molar-refractivity contribution >= 4 is 11.8 Å². The number of piperazine rings is 1. The van der Waals surface area contributed by atoms with E-state index in [1.807, 2.05) is 9.80 Å². The molecule has 2 rings (SSSR count). The molecular weight excluding hydrogens is 266 g/mol. The molecule has 0 aromatic rings. The lowest BCUT2D eigenvalue weighted by Gasteiger charge is -2.37. The van der Waals surface area contributed by atoms with Crippen molar-refractivity contribution < 1.29 is 9.59 Å². The highest BCUT2D eigenvalue weighted by molar-refractivity contribution is 5.80. The average molecular weight is 295 g/mol. The molecule has 2 amide bonds. The van der Waals surface area contributed by atoms with Gasteiger partial charge in [-0.2, -0.15) is 0 Å². The summed E-state index contributed by atoms with van der Waals surface area (Å²) in [5.74, 6) is 1.08. The van der Waals surface area contributed by atoms with E-state index in [-0.39, 0.29) is 11.8 Å². The van der Waals surface area contributed by atoms with Crippen LogP contribution in [0.15, 0.2) is 0 Å². The summed E-state index contributed by atoms with van der Waals surface area (Å²) < 4.78 is 0. The number of hydrogen-bond donors (Lipinski definition) is 0. The smallest absolute Gasteiger partial charge is 0.225 e. The van der Waals surface area contributed by atoms with E-state index >= 15 is 0 Å². The average Bonchev–Trinajstić information content (AvgIpc) is 2.47. The van der Waals surface area contributed by atoms with E-state index < -0.39 is 0 Å². The number of likely N-dealkylation sites (N-methyl/N-ethyl adjacent to an activating group) is 1. The predicted molar refractivity (Wildman–Crippen MR) is 82.8 cm³/mol. The van der Waals surface area contributed by atoms with Crippen molar-refractivity contribution in [1.29, 1.82) is 0 Å². The first-order chi connectivity index (χ1) is 9.97. The van der Waals surface area contributed by atoms with E-state index in [2.05, 4.69) is 25.8 Å². The van der Waals surface area contributed by atoms with Crippen LogP contribution in [0.1, 0.15) is 33.1 Å². The second kappa shape index (κ2) is 7.25. The van der Waals surface area contributed by atoms with Crippen LogP contribution in [0, 0.1) is 11.8 Å². The molecular formula is C16H29N3O2. The molecule has 0 aromatic carbocycles. The Morgan fingerprint density at radius 2 is 1.52 bits per heavy atom. The number of rotatable bonds is 3. The third-order valence-electron chi connectivity index (χ3n) is 4.59. The molecule has 2 aliphatic heterocycles. The molecule has 120 valence electrons. The van der Waals surface area contributed by atoms with Crippen molar-refractivity contribution in [1.82, 2.24) is 14.7 Å². The SMILES string of the molecule is CC(C)CC(=O)N1CCC(C(=O)N2CCN(C)CC2)CC1. The van der Waals surface area contributed by atoms with Crippen LogP contribution < -0.4 is 0 Å². The third kappa shape index (κ3) is 4.43.